The maximum atomic E-state index is 12.6. The number of thioether (sulfide) groups is 1. The molecule has 0 fully saturated rings. The molecule has 0 aliphatic carbocycles. The second-order valence-electron chi connectivity index (χ2n) is 8.95. The summed E-state index contributed by atoms with van der Waals surface area (Å²) in [5, 5.41) is 16.4. The van der Waals surface area contributed by atoms with E-state index >= 15 is 0 Å². The summed E-state index contributed by atoms with van der Waals surface area (Å²) >= 11 is 1.37. The highest BCUT2D eigenvalue weighted by Gasteiger charge is 2.22. The summed E-state index contributed by atoms with van der Waals surface area (Å²) in [5.74, 6) is 2.04. The molecule has 0 saturated heterocycles. The van der Waals surface area contributed by atoms with Crippen molar-refractivity contribution in [2.75, 3.05) is 11.1 Å². The molecular weight excluding hydrogens is 448 g/mol. The van der Waals surface area contributed by atoms with Crippen molar-refractivity contribution in [2.45, 2.75) is 51.7 Å². The van der Waals surface area contributed by atoms with Crippen LogP contribution >= 0.6 is 11.8 Å². The predicted molar refractivity (Wildman–Crippen MR) is 134 cm³/mol. The van der Waals surface area contributed by atoms with E-state index in [4.69, 9.17) is 4.52 Å². The van der Waals surface area contributed by atoms with Crippen LogP contribution in [0.2, 0.25) is 0 Å². The Bertz CT molecular complexity index is 1290. The molecule has 9 heteroatoms. The minimum absolute atomic E-state index is 0.115. The van der Waals surface area contributed by atoms with Gasteiger partial charge in [0.1, 0.15) is 0 Å². The lowest BCUT2D eigenvalue weighted by Crippen LogP contribution is -2.14. The Balaban J connectivity index is 1.38. The van der Waals surface area contributed by atoms with Crippen LogP contribution in [0, 0.1) is 6.92 Å². The van der Waals surface area contributed by atoms with Gasteiger partial charge in [-0.15, -0.1) is 10.2 Å². The summed E-state index contributed by atoms with van der Waals surface area (Å²) in [4.78, 5) is 17.0. The van der Waals surface area contributed by atoms with E-state index in [1.165, 1.54) is 11.8 Å². The van der Waals surface area contributed by atoms with Crippen molar-refractivity contribution in [2.24, 2.45) is 0 Å². The van der Waals surface area contributed by atoms with Crippen molar-refractivity contribution in [1.29, 1.82) is 0 Å². The standard InChI is InChI=1S/C25H28N6O2S/c1-6-31-22(19-10-8-7-9-16(19)2)28-29-24(31)34-15-20(32)26-18-13-11-17(12-14-18)21-27-23(33-30-21)25(3,4)5/h7-14H,6,15H2,1-5H3,(H,26,32). The number of rotatable bonds is 7. The number of nitrogens with one attached hydrogen (secondary N) is 1. The van der Waals surface area contributed by atoms with Crippen molar-refractivity contribution >= 4 is 23.4 Å². The molecule has 2 aromatic carbocycles. The molecule has 34 heavy (non-hydrogen) atoms. The Labute approximate surface area is 203 Å². The summed E-state index contributed by atoms with van der Waals surface area (Å²) in [6, 6.07) is 15.5. The van der Waals surface area contributed by atoms with Gasteiger partial charge in [0.05, 0.1) is 5.75 Å². The topological polar surface area (TPSA) is 98.7 Å². The zero-order valence-corrected chi connectivity index (χ0v) is 20.8. The Morgan fingerprint density at radius 1 is 1.09 bits per heavy atom. The molecular formula is C25H28N6O2S. The van der Waals surface area contributed by atoms with E-state index in [1.54, 1.807) is 0 Å². The monoisotopic (exact) mass is 476 g/mol. The minimum atomic E-state index is -0.209. The second kappa shape index (κ2) is 9.80. The van der Waals surface area contributed by atoms with Crippen molar-refractivity contribution in [3.8, 4) is 22.8 Å². The maximum Gasteiger partial charge on any atom is 0.234 e. The molecule has 0 aliphatic heterocycles. The number of amides is 1. The average Bonchev–Trinajstić information content (AvgIpc) is 3.46. The molecule has 8 nitrogen and oxygen atoms in total. The maximum absolute atomic E-state index is 12.6. The summed E-state index contributed by atoms with van der Waals surface area (Å²) < 4.78 is 7.39. The van der Waals surface area contributed by atoms with Crippen molar-refractivity contribution in [3.05, 3.63) is 60.0 Å². The summed E-state index contributed by atoms with van der Waals surface area (Å²) in [5.41, 5.74) is 3.50. The number of benzene rings is 2. The van der Waals surface area contributed by atoms with E-state index in [1.807, 2.05) is 74.7 Å². The van der Waals surface area contributed by atoms with Crippen LogP contribution in [0.1, 0.15) is 39.1 Å². The molecule has 0 radical (unpaired) electrons. The van der Waals surface area contributed by atoms with Gasteiger partial charge in [0.25, 0.3) is 0 Å². The van der Waals surface area contributed by atoms with E-state index in [9.17, 15) is 4.79 Å². The average molecular weight is 477 g/mol. The SMILES string of the molecule is CCn1c(SCC(=O)Nc2ccc(-c3noc(C(C)(C)C)n3)cc2)nnc1-c1ccccc1C. The fourth-order valence-electron chi connectivity index (χ4n) is 3.38. The van der Waals surface area contributed by atoms with Crippen LogP contribution in [0.5, 0.6) is 0 Å². The molecule has 4 aromatic rings. The van der Waals surface area contributed by atoms with Crippen LogP contribution < -0.4 is 5.32 Å². The normalized spacial score (nSPS) is 11.6. The number of nitrogens with zero attached hydrogens (tertiary/aromatic N) is 5. The van der Waals surface area contributed by atoms with Crippen LogP contribution in [-0.4, -0.2) is 36.6 Å². The van der Waals surface area contributed by atoms with Gasteiger partial charge in [-0.25, -0.2) is 0 Å². The van der Waals surface area contributed by atoms with E-state index in [2.05, 4.69) is 38.6 Å². The number of hydrogen-bond donors (Lipinski definition) is 1. The molecule has 176 valence electrons. The van der Waals surface area contributed by atoms with Crippen molar-refractivity contribution in [3.63, 3.8) is 0 Å². The van der Waals surface area contributed by atoms with Crippen LogP contribution in [0.25, 0.3) is 22.8 Å². The largest absolute Gasteiger partial charge is 0.338 e. The predicted octanol–water partition coefficient (Wildman–Crippen LogP) is 5.35. The van der Waals surface area contributed by atoms with Crippen molar-refractivity contribution < 1.29 is 9.32 Å². The highest BCUT2D eigenvalue weighted by atomic mass is 32.2. The zero-order valence-electron chi connectivity index (χ0n) is 20.0. The van der Waals surface area contributed by atoms with E-state index in [0.29, 0.717) is 17.4 Å². The molecule has 0 atom stereocenters. The highest BCUT2D eigenvalue weighted by molar-refractivity contribution is 7.99. The Hall–Kier alpha value is -3.46. The van der Waals surface area contributed by atoms with Gasteiger partial charge in [0, 0.05) is 28.8 Å². The lowest BCUT2D eigenvalue weighted by Gasteiger charge is -2.10. The lowest BCUT2D eigenvalue weighted by molar-refractivity contribution is -0.113. The van der Waals surface area contributed by atoms with Crippen LogP contribution in [0.3, 0.4) is 0 Å². The first-order chi connectivity index (χ1) is 16.3. The Kier molecular flexibility index (Phi) is 6.83. The number of carbonyl (C=O) groups is 1. The van der Waals surface area contributed by atoms with E-state index < -0.39 is 0 Å². The summed E-state index contributed by atoms with van der Waals surface area (Å²) in [6.45, 7) is 10.9. The smallest absolute Gasteiger partial charge is 0.234 e. The van der Waals surface area contributed by atoms with Gasteiger partial charge in [-0.2, -0.15) is 4.98 Å². The first kappa shape index (κ1) is 23.7. The summed E-state index contributed by atoms with van der Waals surface area (Å²) in [7, 11) is 0. The second-order valence-corrected chi connectivity index (χ2v) is 9.90. The third kappa shape index (κ3) is 5.20. The molecule has 0 saturated carbocycles. The lowest BCUT2D eigenvalue weighted by atomic mass is 9.97. The van der Waals surface area contributed by atoms with Gasteiger partial charge in [0.15, 0.2) is 11.0 Å². The number of hydrogen-bond acceptors (Lipinski definition) is 7. The first-order valence-electron chi connectivity index (χ1n) is 11.1. The Morgan fingerprint density at radius 3 is 2.47 bits per heavy atom. The molecule has 2 heterocycles. The fraction of sp³-hybridized carbons (Fsp3) is 0.320. The molecule has 4 rings (SSSR count). The molecule has 2 aromatic heterocycles. The van der Waals surface area contributed by atoms with E-state index in [-0.39, 0.29) is 17.1 Å². The number of carbonyl (C=O) groups excluding carboxylic acids is 1. The number of aryl methyl sites for hydroxylation is 1. The van der Waals surface area contributed by atoms with Gasteiger partial charge in [-0.3, -0.25) is 4.79 Å². The van der Waals surface area contributed by atoms with Gasteiger partial charge < -0.3 is 14.4 Å². The van der Waals surface area contributed by atoms with Crippen LogP contribution in [0.4, 0.5) is 5.69 Å². The van der Waals surface area contributed by atoms with Crippen LogP contribution in [0.15, 0.2) is 58.2 Å². The fourth-order valence-corrected chi connectivity index (χ4v) is 4.18. The molecule has 0 spiro atoms. The third-order valence-electron chi connectivity index (χ3n) is 5.25. The van der Waals surface area contributed by atoms with Gasteiger partial charge in [-0.05, 0) is 43.7 Å². The van der Waals surface area contributed by atoms with Crippen molar-refractivity contribution in [1.82, 2.24) is 24.9 Å². The quantitative estimate of drug-likeness (QED) is 0.359. The zero-order chi connectivity index (χ0) is 24.3. The number of anilines is 1. The summed E-state index contributed by atoms with van der Waals surface area (Å²) in [6.07, 6.45) is 0. The minimum Gasteiger partial charge on any atom is -0.338 e. The van der Waals surface area contributed by atoms with E-state index in [0.717, 1.165) is 34.2 Å². The number of aromatic nitrogens is 5. The molecule has 0 unspecified atom stereocenters. The van der Waals surface area contributed by atoms with Gasteiger partial charge >= 0.3 is 0 Å². The molecule has 1 N–H and O–H groups in total. The highest BCUT2D eigenvalue weighted by Crippen LogP contribution is 2.27. The first-order valence-corrected chi connectivity index (χ1v) is 12.1. The van der Waals surface area contributed by atoms with Gasteiger partial charge in [0.2, 0.25) is 17.6 Å². The van der Waals surface area contributed by atoms with Crippen LogP contribution in [-0.2, 0) is 16.8 Å². The molecule has 0 bridgehead atoms. The third-order valence-corrected chi connectivity index (χ3v) is 6.21. The Morgan fingerprint density at radius 2 is 1.82 bits per heavy atom. The molecule has 0 aliphatic rings. The molecule has 1 amide bonds. The van der Waals surface area contributed by atoms with Gasteiger partial charge in [-0.1, -0.05) is 62.0 Å².